The van der Waals surface area contributed by atoms with E-state index in [0.717, 1.165) is 12.1 Å². The summed E-state index contributed by atoms with van der Waals surface area (Å²) in [7, 11) is -6.16. The molecule has 2 N–H and O–H groups in total. The third-order valence-electron chi connectivity index (χ3n) is 5.41. The fourth-order valence-corrected chi connectivity index (χ4v) is 6.43. The molecule has 186 valence electrons. The van der Waals surface area contributed by atoms with Gasteiger partial charge in [0.05, 0.1) is 22.6 Å². The van der Waals surface area contributed by atoms with E-state index in [9.17, 15) is 26.0 Å². The summed E-state index contributed by atoms with van der Waals surface area (Å²) in [6.45, 7) is 3.65. The lowest BCUT2D eigenvalue weighted by Crippen LogP contribution is -2.41. The van der Waals surface area contributed by atoms with Crippen molar-refractivity contribution in [2.45, 2.75) is 42.5 Å². The van der Waals surface area contributed by atoms with Gasteiger partial charge < -0.3 is 10.1 Å². The largest absolute Gasteiger partial charge is 0.495 e. The lowest BCUT2D eigenvalue weighted by atomic mass is 9.97. The van der Waals surface area contributed by atoms with Crippen LogP contribution >= 0.6 is 0 Å². The molecule has 1 aliphatic rings. The number of sulfonamides is 2. The summed E-state index contributed by atoms with van der Waals surface area (Å²) >= 11 is 0. The number of hydrogen-bond acceptors (Lipinski definition) is 6. The molecule has 12 heteroatoms. The molecular formula is C22H28FN3O6S2. The zero-order valence-corrected chi connectivity index (χ0v) is 20.7. The lowest BCUT2D eigenvalue weighted by molar-refractivity contribution is -0.120. The van der Waals surface area contributed by atoms with Gasteiger partial charge in [0, 0.05) is 25.0 Å². The van der Waals surface area contributed by atoms with E-state index in [1.165, 1.54) is 41.7 Å². The van der Waals surface area contributed by atoms with Crippen molar-refractivity contribution in [2.75, 3.05) is 25.5 Å². The molecule has 1 fully saturated rings. The van der Waals surface area contributed by atoms with Crippen LogP contribution < -0.4 is 14.8 Å². The highest BCUT2D eigenvalue weighted by Crippen LogP contribution is 2.30. The Bertz CT molecular complexity index is 1240. The first-order valence-electron chi connectivity index (χ1n) is 10.7. The average Bonchev–Trinajstić information content (AvgIpc) is 2.78. The Morgan fingerprint density at radius 2 is 1.62 bits per heavy atom. The second kappa shape index (κ2) is 10.4. The number of halogens is 1. The Hall–Kier alpha value is -2.54. The third kappa shape index (κ3) is 5.93. The highest BCUT2D eigenvalue weighted by atomic mass is 32.2. The third-order valence-corrected chi connectivity index (χ3v) is 8.98. The highest BCUT2D eigenvalue weighted by molar-refractivity contribution is 7.89. The van der Waals surface area contributed by atoms with E-state index in [1.807, 2.05) is 0 Å². The molecule has 0 aromatic heterocycles. The summed E-state index contributed by atoms with van der Waals surface area (Å²) in [4.78, 5) is 12.9. The maximum absolute atomic E-state index is 13.1. The predicted octanol–water partition coefficient (Wildman–Crippen LogP) is 2.56. The maximum atomic E-state index is 13.1. The summed E-state index contributed by atoms with van der Waals surface area (Å²) < 4.78 is 72.7. The minimum absolute atomic E-state index is 0.00503. The minimum Gasteiger partial charge on any atom is -0.495 e. The number of amides is 1. The number of hydrogen-bond donors (Lipinski definition) is 2. The molecule has 0 aliphatic carbocycles. The van der Waals surface area contributed by atoms with E-state index in [2.05, 4.69) is 10.0 Å². The summed E-state index contributed by atoms with van der Waals surface area (Å²) in [5, 5.41) is 2.72. The summed E-state index contributed by atoms with van der Waals surface area (Å²) in [6, 6.07) is 8.48. The second-order valence-corrected chi connectivity index (χ2v) is 11.9. The van der Waals surface area contributed by atoms with Crippen LogP contribution in [0.2, 0.25) is 0 Å². The van der Waals surface area contributed by atoms with Gasteiger partial charge in [0.1, 0.15) is 11.6 Å². The number of rotatable bonds is 8. The predicted molar refractivity (Wildman–Crippen MR) is 125 cm³/mol. The van der Waals surface area contributed by atoms with Crippen LogP contribution in [0.25, 0.3) is 0 Å². The molecule has 9 nitrogen and oxygen atoms in total. The van der Waals surface area contributed by atoms with Gasteiger partial charge in [-0.3, -0.25) is 4.79 Å². The zero-order valence-electron chi connectivity index (χ0n) is 19.1. The van der Waals surface area contributed by atoms with Gasteiger partial charge in [0.25, 0.3) is 0 Å². The molecule has 0 radical (unpaired) electrons. The Balaban J connectivity index is 1.70. The van der Waals surface area contributed by atoms with Gasteiger partial charge in [0.15, 0.2) is 0 Å². The molecule has 0 atom stereocenters. The van der Waals surface area contributed by atoms with Gasteiger partial charge in [-0.05, 0) is 69.2 Å². The van der Waals surface area contributed by atoms with Crippen molar-refractivity contribution >= 4 is 31.6 Å². The Kier molecular flexibility index (Phi) is 7.96. The first-order valence-corrected chi connectivity index (χ1v) is 13.6. The van der Waals surface area contributed by atoms with Gasteiger partial charge in [0.2, 0.25) is 26.0 Å². The van der Waals surface area contributed by atoms with Crippen molar-refractivity contribution < 1.29 is 30.8 Å². The van der Waals surface area contributed by atoms with Crippen molar-refractivity contribution in [3.8, 4) is 5.75 Å². The number of nitrogens with one attached hydrogen (secondary N) is 2. The Morgan fingerprint density at radius 1 is 1.03 bits per heavy atom. The fourth-order valence-electron chi connectivity index (χ4n) is 3.68. The van der Waals surface area contributed by atoms with Crippen LogP contribution in [-0.2, 0) is 24.8 Å². The Labute approximate surface area is 199 Å². The monoisotopic (exact) mass is 513 g/mol. The van der Waals surface area contributed by atoms with Crippen LogP contribution in [0.3, 0.4) is 0 Å². The summed E-state index contributed by atoms with van der Waals surface area (Å²) in [5.74, 6) is -1.06. The van der Waals surface area contributed by atoms with Crippen molar-refractivity contribution in [2.24, 2.45) is 5.92 Å². The summed E-state index contributed by atoms with van der Waals surface area (Å²) in [6.07, 6.45) is 0.558. The normalized spacial score (nSPS) is 15.9. The van der Waals surface area contributed by atoms with Crippen molar-refractivity contribution in [1.29, 1.82) is 0 Å². The van der Waals surface area contributed by atoms with Crippen LogP contribution in [0, 0.1) is 11.7 Å². The van der Waals surface area contributed by atoms with E-state index in [-0.39, 0.29) is 53.4 Å². The molecule has 0 spiro atoms. The minimum atomic E-state index is -3.79. The van der Waals surface area contributed by atoms with E-state index >= 15 is 0 Å². The number of anilines is 1. The van der Waals surface area contributed by atoms with Gasteiger partial charge in [-0.25, -0.2) is 25.9 Å². The molecule has 34 heavy (non-hydrogen) atoms. The topological polar surface area (TPSA) is 122 Å². The van der Waals surface area contributed by atoms with Crippen molar-refractivity contribution in [1.82, 2.24) is 9.03 Å². The fraction of sp³-hybridized carbons (Fsp3) is 0.409. The number of methoxy groups -OCH3 is 1. The maximum Gasteiger partial charge on any atom is 0.243 e. The molecule has 0 saturated carbocycles. The number of carbonyl (C=O) groups is 1. The molecule has 0 bridgehead atoms. The second-order valence-electron chi connectivity index (χ2n) is 8.26. The Morgan fingerprint density at radius 3 is 2.18 bits per heavy atom. The number of carbonyl (C=O) groups excluding carboxylic acids is 1. The first kappa shape index (κ1) is 26.1. The molecular weight excluding hydrogens is 485 g/mol. The number of ether oxygens (including phenoxy) is 1. The quantitative estimate of drug-likeness (QED) is 0.560. The lowest BCUT2D eigenvalue weighted by Gasteiger charge is -2.30. The first-order chi connectivity index (χ1) is 15.9. The van der Waals surface area contributed by atoms with Crippen molar-refractivity contribution in [3.63, 3.8) is 0 Å². The summed E-state index contributed by atoms with van der Waals surface area (Å²) in [5.41, 5.74) is 0.209. The van der Waals surface area contributed by atoms with E-state index in [0.29, 0.717) is 5.75 Å². The smallest absolute Gasteiger partial charge is 0.243 e. The van der Waals surface area contributed by atoms with Crippen LogP contribution in [0.15, 0.2) is 52.3 Å². The number of nitrogens with zero attached hydrogens (tertiary/aromatic N) is 1. The van der Waals surface area contributed by atoms with E-state index in [4.69, 9.17) is 4.74 Å². The van der Waals surface area contributed by atoms with Crippen LogP contribution in [0.4, 0.5) is 10.1 Å². The molecule has 1 saturated heterocycles. The van der Waals surface area contributed by atoms with Gasteiger partial charge >= 0.3 is 0 Å². The van der Waals surface area contributed by atoms with Gasteiger partial charge in [-0.15, -0.1) is 0 Å². The molecule has 2 aromatic rings. The molecule has 1 aliphatic heterocycles. The standard InChI is InChI=1S/C22H28FN3O6S2/c1-15(2)25-33(28,29)19-8-9-21(32-3)20(14-19)24-22(27)16-10-12-26(13-11-16)34(30,31)18-6-4-17(23)5-7-18/h4-9,14-16,25H,10-13H2,1-3H3,(H,24,27). The average molecular weight is 514 g/mol. The van der Waals surface area contributed by atoms with Crippen LogP contribution in [-0.4, -0.2) is 53.3 Å². The molecule has 2 aromatic carbocycles. The van der Waals surface area contributed by atoms with Crippen molar-refractivity contribution in [3.05, 3.63) is 48.3 Å². The number of piperidine rings is 1. The van der Waals surface area contributed by atoms with Gasteiger partial charge in [-0.2, -0.15) is 4.31 Å². The van der Waals surface area contributed by atoms with E-state index in [1.54, 1.807) is 13.8 Å². The zero-order chi connectivity index (χ0) is 25.1. The van der Waals surface area contributed by atoms with E-state index < -0.39 is 31.8 Å². The SMILES string of the molecule is COc1ccc(S(=O)(=O)NC(C)C)cc1NC(=O)C1CCN(S(=O)(=O)c2ccc(F)cc2)CC1. The van der Waals surface area contributed by atoms with Crippen LogP contribution in [0.5, 0.6) is 5.75 Å². The number of benzene rings is 2. The van der Waals surface area contributed by atoms with Gasteiger partial charge in [-0.1, -0.05) is 0 Å². The molecule has 0 unspecified atom stereocenters. The molecule has 3 rings (SSSR count). The molecule has 1 amide bonds. The van der Waals surface area contributed by atoms with Crippen LogP contribution in [0.1, 0.15) is 26.7 Å². The highest BCUT2D eigenvalue weighted by Gasteiger charge is 2.32. The molecule has 1 heterocycles.